The van der Waals surface area contributed by atoms with Crippen molar-refractivity contribution in [2.24, 2.45) is 0 Å². The molecule has 0 aliphatic carbocycles. The molecule has 0 unspecified atom stereocenters. The number of likely N-dealkylation sites (tertiary alicyclic amines) is 1. The zero-order chi connectivity index (χ0) is 16.2. The highest BCUT2D eigenvalue weighted by Crippen LogP contribution is 2.33. The molecule has 1 saturated heterocycles. The summed E-state index contributed by atoms with van der Waals surface area (Å²) in [6.07, 6.45) is 4.15. The number of rotatable bonds is 6. The fraction of sp³-hybridized carbons (Fsp3) is 0.556. The summed E-state index contributed by atoms with van der Waals surface area (Å²) in [6, 6.07) is 9.63. The lowest BCUT2D eigenvalue weighted by molar-refractivity contribution is 0.237. The molecule has 1 aromatic heterocycles. The number of nitrogens with zero attached hydrogens (tertiary/aromatic N) is 5. The van der Waals surface area contributed by atoms with Crippen molar-refractivity contribution >= 4 is 0 Å². The average molecular weight is 313 g/mol. The van der Waals surface area contributed by atoms with Crippen LogP contribution in [0.4, 0.5) is 0 Å². The van der Waals surface area contributed by atoms with Crippen molar-refractivity contribution in [3.05, 3.63) is 47.5 Å². The van der Waals surface area contributed by atoms with Crippen LogP contribution in [0.3, 0.4) is 0 Å². The van der Waals surface area contributed by atoms with Gasteiger partial charge in [0.2, 0.25) is 0 Å². The number of aryl methyl sites for hydroxylation is 1. The molecule has 2 heterocycles. The highest BCUT2D eigenvalue weighted by atomic mass is 15.3. The molecule has 3 rings (SSSR count). The van der Waals surface area contributed by atoms with Gasteiger partial charge >= 0.3 is 0 Å². The largest absolute Gasteiger partial charge is 0.305 e. The third-order valence-electron chi connectivity index (χ3n) is 4.57. The van der Waals surface area contributed by atoms with E-state index in [1.807, 2.05) is 4.68 Å². The summed E-state index contributed by atoms with van der Waals surface area (Å²) in [5.41, 5.74) is 2.79. The second-order valence-corrected chi connectivity index (χ2v) is 6.60. The Morgan fingerprint density at radius 3 is 2.70 bits per heavy atom. The average Bonchev–Trinajstić information content (AvgIpc) is 3.17. The van der Waals surface area contributed by atoms with Gasteiger partial charge in [-0.1, -0.05) is 24.3 Å². The van der Waals surface area contributed by atoms with E-state index in [0.29, 0.717) is 6.04 Å². The van der Waals surface area contributed by atoms with Gasteiger partial charge in [-0.2, -0.15) is 5.10 Å². The Labute approximate surface area is 138 Å². The molecule has 0 radical (unpaired) electrons. The van der Waals surface area contributed by atoms with Crippen LogP contribution in [0.1, 0.15) is 42.8 Å². The Morgan fingerprint density at radius 1 is 1.22 bits per heavy atom. The number of benzene rings is 1. The Hall–Kier alpha value is -1.72. The van der Waals surface area contributed by atoms with E-state index >= 15 is 0 Å². The minimum Gasteiger partial charge on any atom is -0.305 e. The third kappa shape index (κ3) is 3.79. The molecular formula is C18H27N5. The van der Waals surface area contributed by atoms with Gasteiger partial charge in [0.05, 0.1) is 6.54 Å². The first-order chi connectivity index (χ1) is 11.2. The monoisotopic (exact) mass is 313 g/mol. The molecule has 1 fully saturated rings. The Morgan fingerprint density at radius 2 is 2.00 bits per heavy atom. The van der Waals surface area contributed by atoms with Crippen LogP contribution in [0.15, 0.2) is 30.6 Å². The highest BCUT2D eigenvalue weighted by molar-refractivity contribution is 5.25. The minimum absolute atomic E-state index is 0.505. The predicted molar refractivity (Wildman–Crippen MR) is 91.9 cm³/mol. The van der Waals surface area contributed by atoms with Crippen molar-refractivity contribution in [3.63, 3.8) is 0 Å². The predicted octanol–water partition coefficient (Wildman–Crippen LogP) is 2.70. The summed E-state index contributed by atoms with van der Waals surface area (Å²) in [5.74, 6) is 1.07. The fourth-order valence-electron chi connectivity index (χ4n) is 3.46. The van der Waals surface area contributed by atoms with E-state index in [0.717, 1.165) is 32.0 Å². The van der Waals surface area contributed by atoms with Crippen LogP contribution < -0.4 is 0 Å². The highest BCUT2D eigenvalue weighted by Gasteiger charge is 2.27. The van der Waals surface area contributed by atoms with Gasteiger partial charge in [-0.25, -0.2) is 9.67 Å². The van der Waals surface area contributed by atoms with Crippen molar-refractivity contribution in [2.45, 2.75) is 45.4 Å². The standard InChI is InChI=1S/C18H27N5/c1-4-23-18(19-14-20-23)13-22-11-5-6-17(22)16-9-7-15(8-10-16)12-21(2)3/h7-10,14,17H,4-6,11-13H2,1-3H3/t17-/m1/s1. The molecule has 2 aromatic rings. The van der Waals surface area contributed by atoms with Crippen molar-refractivity contribution in [2.75, 3.05) is 20.6 Å². The van der Waals surface area contributed by atoms with Crippen LogP contribution in [0.2, 0.25) is 0 Å². The van der Waals surface area contributed by atoms with E-state index in [9.17, 15) is 0 Å². The molecule has 1 aliphatic heterocycles. The van der Waals surface area contributed by atoms with E-state index in [2.05, 4.69) is 65.2 Å². The maximum absolute atomic E-state index is 4.43. The number of hydrogen-bond donors (Lipinski definition) is 0. The lowest BCUT2D eigenvalue weighted by Gasteiger charge is -2.24. The van der Waals surface area contributed by atoms with Crippen LogP contribution in [-0.2, 0) is 19.6 Å². The summed E-state index contributed by atoms with van der Waals surface area (Å²) in [6.45, 7) is 6.02. The summed E-state index contributed by atoms with van der Waals surface area (Å²) < 4.78 is 2.00. The molecular weight excluding hydrogens is 286 g/mol. The molecule has 23 heavy (non-hydrogen) atoms. The maximum Gasteiger partial charge on any atom is 0.141 e. The van der Waals surface area contributed by atoms with E-state index in [-0.39, 0.29) is 0 Å². The molecule has 1 atom stereocenters. The summed E-state index contributed by atoms with van der Waals surface area (Å²) in [4.78, 5) is 9.17. The summed E-state index contributed by atoms with van der Waals surface area (Å²) >= 11 is 0. The van der Waals surface area contributed by atoms with Gasteiger partial charge in [0.15, 0.2) is 0 Å². The SMILES string of the molecule is CCn1ncnc1CN1CCC[C@@H]1c1ccc(CN(C)C)cc1. The lowest BCUT2D eigenvalue weighted by Crippen LogP contribution is -2.25. The van der Waals surface area contributed by atoms with Gasteiger partial charge in [-0.15, -0.1) is 0 Å². The first-order valence-corrected chi connectivity index (χ1v) is 8.51. The van der Waals surface area contributed by atoms with Crippen LogP contribution in [0.25, 0.3) is 0 Å². The molecule has 5 nitrogen and oxygen atoms in total. The second-order valence-electron chi connectivity index (χ2n) is 6.60. The first kappa shape index (κ1) is 16.1. The van der Waals surface area contributed by atoms with Gasteiger partial charge in [0.1, 0.15) is 12.2 Å². The Kier molecular flexibility index (Phi) is 5.08. The zero-order valence-corrected chi connectivity index (χ0v) is 14.4. The molecule has 0 bridgehead atoms. The minimum atomic E-state index is 0.505. The topological polar surface area (TPSA) is 37.2 Å². The zero-order valence-electron chi connectivity index (χ0n) is 14.4. The van der Waals surface area contributed by atoms with Crippen molar-refractivity contribution in [1.82, 2.24) is 24.6 Å². The van der Waals surface area contributed by atoms with Gasteiger partial charge in [0, 0.05) is 19.1 Å². The summed E-state index contributed by atoms with van der Waals surface area (Å²) in [5, 5.41) is 4.29. The van der Waals surface area contributed by atoms with E-state index in [1.54, 1.807) is 6.33 Å². The number of aromatic nitrogens is 3. The maximum atomic E-state index is 4.43. The fourth-order valence-corrected chi connectivity index (χ4v) is 3.46. The molecule has 0 N–H and O–H groups in total. The third-order valence-corrected chi connectivity index (χ3v) is 4.57. The van der Waals surface area contributed by atoms with Crippen LogP contribution >= 0.6 is 0 Å². The normalized spacial score (nSPS) is 18.9. The van der Waals surface area contributed by atoms with Crippen molar-refractivity contribution < 1.29 is 0 Å². The van der Waals surface area contributed by atoms with Crippen molar-refractivity contribution in [1.29, 1.82) is 0 Å². The molecule has 0 saturated carbocycles. The Balaban J connectivity index is 1.71. The van der Waals surface area contributed by atoms with Crippen molar-refractivity contribution in [3.8, 4) is 0 Å². The van der Waals surface area contributed by atoms with Crippen LogP contribution in [0, 0.1) is 0 Å². The summed E-state index contributed by atoms with van der Waals surface area (Å²) in [7, 11) is 4.22. The Bertz CT molecular complexity index is 617. The van der Waals surface area contributed by atoms with E-state index < -0.39 is 0 Å². The van der Waals surface area contributed by atoms with Crippen LogP contribution in [-0.4, -0.2) is 45.2 Å². The smallest absolute Gasteiger partial charge is 0.141 e. The quantitative estimate of drug-likeness (QED) is 0.822. The number of hydrogen-bond acceptors (Lipinski definition) is 4. The molecule has 0 amide bonds. The van der Waals surface area contributed by atoms with Gasteiger partial charge in [-0.3, -0.25) is 4.90 Å². The van der Waals surface area contributed by atoms with E-state index in [4.69, 9.17) is 0 Å². The molecule has 0 spiro atoms. The van der Waals surface area contributed by atoms with Gasteiger partial charge in [0.25, 0.3) is 0 Å². The van der Waals surface area contributed by atoms with Gasteiger partial charge < -0.3 is 4.90 Å². The molecule has 1 aliphatic rings. The molecule has 1 aromatic carbocycles. The van der Waals surface area contributed by atoms with E-state index in [1.165, 1.54) is 24.0 Å². The molecule has 124 valence electrons. The molecule has 5 heteroatoms. The second kappa shape index (κ2) is 7.23. The lowest BCUT2D eigenvalue weighted by atomic mass is 10.0. The van der Waals surface area contributed by atoms with Crippen LogP contribution in [0.5, 0.6) is 0 Å². The first-order valence-electron chi connectivity index (χ1n) is 8.51. The van der Waals surface area contributed by atoms with Gasteiger partial charge in [-0.05, 0) is 51.5 Å².